The molecular weight excluding hydrogens is 288 g/mol. The molecule has 0 bridgehead atoms. The van der Waals surface area contributed by atoms with Crippen LogP contribution in [0, 0.1) is 5.92 Å². The molecule has 0 fully saturated rings. The summed E-state index contributed by atoms with van der Waals surface area (Å²) in [7, 11) is -3.67. The van der Waals surface area contributed by atoms with Crippen LogP contribution in [0.25, 0.3) is 0 Å². The summed E-state index contributed by atoms with van der Waals surface area (Å²) in [6.07, 6.45) is 2.93. The summed E-state index contributed by atoms with van der Waals surface area (Å²) in [6, 6.07) is 6.72. The standard InChI is InChI=1S/C15H26N2O3S/c1-3-5-13(8-9-18)11-17-12(2)14-6-4-7-15(10-14)21(16,19)20/h4,6-7,10,12-13,17-18H,3,5,8-9,11H2,1-2H3,(H2,16,19,20). The predicted molar refractivity (Wildman–Crippen MR) is 84.3 cm³/mol. The minimum absolute atomic E-state index is 0.0322. The molecule has 120 valence electrons. The maximum atomic E-state index is 11.4. The number of hydrogen-bond acceptors (Lipinski definition) is 4. The minimum atomic E-state index is -3.67. The Labute approximate surface area is 127 Å². The molecule has 0 saturated carbocycles. The molecule has 0 spiro atoms. The Bertz CT molecular complexity index is 525. The molecule has 0 aliphatic rings. The molecule has 4 N–H and O–H groups in total. The van der Waals surface area contributed by atoms with Gasteiger partial charge in [0, 0.05) is 12.6 Å². The first-order chi connectivity index (χ1) is 9.88. The van der Waals surface area contributed by atoms with Crippen molar-refractivity contribution in [1.29, 1.82) is 0 Å². The van der Waals surface area contributed by atoms with Gasteiger partial charge in [-0.15, -0.1) is 0 Å². The largest absolute Gasteiger partial charge is 0.396 e. The van der Waals surface area contributed by atoms with Crippen LogP contribution in [0.15, 0.2) is 29.2 Å². The van der Waals surface area contributed by atoms with Gasteiger partial charge >= 0.3 is 0 Å². The number of rotatable bonds is 9. The minimum Gasteiger partial charge on any atom is -0.396 e. The Morgan fingerprint density at radius 3 is 2.62 bits per heavy atom. The molecule has 0 heterocycles. The first-order valence-corrected chi connectivity index (χ1v) is 8.90. The lowest BCUT2D eigenvalue weighted by Gasteiger charge is -2.20. The molecule has 5 nitrogen and oxygen atoms in total. The number of hydrogen-bond donors (Lipinski definition) is 3. The lowest BCUT2D eigenvalue weighted by molar-refractivity contribution is 0.246. The fraction of sp³-hybridized carbons (Fsp3) is 0.600. The van der Waals surface area contributed by atoms with E-state index < -0.39 is 10.0 Å². The quantitative estimate of drug-likeness (QED) is 0.648. The maximum absolute atomic E-state index is 11.4. The van der Waals surface area contributed by atoms with Crippen molar-refractivity contribution in [2.24, 2.45) is 11.1 Å². The van der Waals surface area contributed by atoms with E-state index in [1.165, 1.54) is 6.07 Å². The molecule has 0 amide bonds. The van der Waals surface area contributed by atoms with Crippen LogP contribution in [0.2, 0.25) is 0 Å². The molecule has 0 aromatic heterocycles. The summed E-state index contributed by atoms with van der Waals surface area (Å²) in [5.41, 5.74) is 0.890. The van der Waals surface area contributed by atoms with Crippen LogP contribution in [0.4, 0.5) is 0 Å². The number of benzene rings is 1. The lowest BCUT2D eigenvalue weighted by atomic mass is 9.99. The third-order valence-electron chi connectivity index (χ3n) is 3.63. The van der Waals surface area contributed by atoms with Crippen molar-refractivity contribution < 1.29 is 13.5 Å². The van der Waals surface area contributed by atoms with Gasteiger partial charge in [0.1, 0.15) is 0 Å². The summed E-state index contributed by atoms with van der Waals surface area (Å²) in [4.78, 5) is 0.133. The van der Waals surface area contributed by atoms with Gasteiger partial charge in [-0.25, -0.2) is 13.6 Å². The van der Waals surface area contributed by atoms with Gasteiger partial charge in [-0.05, 0) is 49.9 Å². The molecule has 0 saturated heterocycles. The second-order valence-corrected chi connectivity index (χ2v) is 6.98. The highest BCUT2D eigenvalue weighted by Crippen LogP contribution is 2.18. The van der Waals surface area contributed by atoms with Gasteiger partial charge in [-0.3, -0.25) is 0 Å². The summed E-state index contributed by atoms with van der Waals surface area (Å²) in [5.74, 6) is 0.434. The van der Waals surface area contributed by atoms with Crippen molar-refractivity contribution in [3.63, 3.8) is 0 Å². The second kappa shape index (κ2) is 8.48. The van der Waals surface area contributed by atoms with Gasteiger partial charge in [0.05, 0.1) is 4.90 Å². The Balaban J connectivity index is 2.69. The Kier molecular flexibility index (Phi) is 7.31. The van der Waals surface area contributed by atoms with Crippen LogP contribution in [0.5, 0.6) is 0 Å². The van der Waals surface area contributed by atoms with Crippen molar-refractivity contribution in [3.8, 4) is 0 Å². The molecular formula is C15H26N2O3S. The zero-order valence-corrected chi connectivity index (χ0v) is 13.6. The molecule has 1 aromatic carbocycles. The number of aliphatic hydroxyl groups excluding tert-OH is 1. The molecule has 21 heavy (non-hydrogen) atoms. The molecule has 0 aliphatic heterocycles. The summed E-state index contributed by atoms with van der Waals surface area (Å²) < 4.78 is 22.7. The monoisotopic (exact) mass is 314 g/mol. The van der Waals surface area contributed by atoms with Crippen LogP contribution in [-0.2, 0) is 10.0 Å². The fourth-order valence-corrected chi connectivity index (χ4v) is 2.93. The van der Waals surface area contributed by atoms with E-state index in [4.69, 9.17) is 10.2 Å². The number of aliphatic hydroxyl groups is 1. The van der Waals surface area contributed by atoms with Crippen molar-refractivity contribution in [3.05, 3.63) is 29.8 Å². The van der Waals surface area contributed by atoms with Crippen molar-refractivity contribution in [2.75, 3.05) is 13.2 Å². The topological polar surface area (TPSA) is 92.4 Å². The van der Waals surface area contributed by atoms with Gasteiger partial charge in [0.2, 0.25) is 10.0 Å². The van der Waals surface area contributed by atoms with Crippen molar-refractivity contribution in [2.45, 2.75) is 44.0 Å². The summed E-state index contributed by atoms with van der Waals surface area (Å²) >= 11 is 0. The smallest absolute Gasteiger partial charge is 0.238 e. The van der Waals surface area contributed by atoms with E-state index in [2.05, 4.69) is 12.2 Å². The highest BCUT2D eigenvalue weighted by Gasteiger charge is 2.13. The van der Waals surface area contributed by atoms with Crippen LogP contribution < -0.4 is 10.5 Å². The molecule has 1 rings (SSSR count). The van der Waals surface area contributed by atoms with Crippen LogP contribution in [-0.4, -0.2) is 26.7 Å². The van der Waals surface area contributed by atoms with Crippen LogP contribution >= 0.6 is 0 Å². The lowest BCUT2D eigenvalue weighted by Crippen LogP contribution is -2.26. The van der Waals surface area contributed by atoms with E-state index >= 15 is 0 Å². The van der Waals surface area contributed by atoms with Crippen LogP contribution in [0.1, 0.15) is 44.7 Å². The maximum Gasteiger partial charge on any atom is 0.238 e. The number of primary sulfonamides is 1. The highest BCUT2D eigenvalue weighted by atomic mass is 32.2. The van der Waals surface area contributed by atoms with Crippen molar-refractivity contribution >= 4 is 10.0 Å². The fourth-order valence-electron chi connectivity index (χ4n) is 2.36. The number of nitrogens with two attached hydrogens (primary N) is 1. The van der Waals surface area contributed by atoms with Gasteiger partial charge in [0.25, 0.3) is 0 Å². The Morgan fingerprint density at radius 2 is 2.05 bits per heavy atom. The average Bonchev–Trinajstić information content (AvgIpc) is 2.44. The van der Waals surface area contributed by atoms with E-state index in [1.807, 2.05) is 13.0 Å². The molecule has 0 aliphatic carbocycles. The van der Waals surface area contributed by atoms with Gasteiger partial charge < -0.3 is 10.4 Å². The first kappa shape index (κ1) is 18.1. The normalized spacial score (nSPS) is 14.9. The SMILES string of the molecule is CCCC(CCO)CNC(C)c1cccc(S(N)(=O)=O)c1. The second-order valence-electron chi connectivity index (χ2n) is 5.41. The Hall–Kier alpha value is -0.950. The van der Waals surface area contributed by atoms with Gasteiger partial charge in [0.15, 0.2) is 0 Å². The van der Waals surface area contributed by atoms with E-state index in [0.717, 1.165) is 31.4 Å². The van der Waals surface area contributed by atoms with Crippen molar-refractivity contribution in [1.82, 2.24) is 5.32 Å². The highest BCUT2D eigenvalue weighted by molar-refractivity contribution is 7.89. The average molecular weight is 314 g/mol. The molecule has 2 unspecified atom stereocenters. The van der Waals surface area contributed by atoms with E-state index in [0.29, 0.717) is 5.92 Å². The van der Waals surface area contributed by atoms with Crippen LogP contribution in [0.3, 0.4) is 0 Å². The summed E-state index contributed by atoms with van der Waals surface area (Å²) in [5, 5.41) is 17.6. The predicted octanol–water partition coefficient (Wildman–Crippen LogP) is 1.78. The third-order valence-corrected chi connectivity index (χ3v) is 4.54. The van der Waals surface area contributed by atoms with E-state index in [9.17, 15) is 8.42 Å². The van der Waals surface area contributed by atoms with Gasteiger partial charge in [-0.2, -0.15) is 0 Å². The number of sulfonamides is 1. The van der Waals surface area contributed by atoms with Gasteiger partial charge in [-0.1, -0.05) is 25.5 Å². The zero-order valence-electron chi connectivity index (χ0n) is 12.7. The summed E-state index contributed by atoms with van der Waals surface area (Å²) in [6.45, 7) is 5.12. The molecule has 2 atom stereocenters. The number of nitrogens with one attached hydrogen (secondary N) is 1. The van der Waals surface area contributed by atoms with E-state index in [-0.39, 0.29) is 17.5 Å². The molecule has 0 radical (unpaired) electrons. The Morgan fingerprint density at radius 1 is 1.33 bits per heavy atom. The first-order valence-electron chi connectivity index (χ1n) is 7.35. The molecule has 1 aromatic rings. The zero-order chi connectivity index (χ0) is 15.9. The third kappa shape index (κ3) is 6.13. The molecule has 6 heteroatoms. The van der Waals surface area contributed by atoms with E-state index in [1.54, 1.807) is 12.1 Å².